The first kappa shape index (κ1) is 9.56. The van der Waals surface area contributed by atoms with E-state index in [1.165, 1.54) is 17.3 Å². The molecule has 2 atom stereocenters. The van der Waals surface area contributed by atoms with Crippen LogP contribution in [0.1, 0.15) is 6.92 Å². The Morgan fingerprint density at radius 2 is 2.33 bits per heavy atom. The van der Waals surface area contributed by atoms with Crippen LogP contribution in [0.3, 0.4) is 0 Å². The Morgan fingerprint density at radius 3 is 2.83 bits per heavy atom. The summed E-state index contributed by atoms with van der Waals surface area (Å²) in [6.45, 7) is 3.32. The van der Waals surface area contributed by atoms with Crippen LogP contribution in [0.5, 0.6) is 0 Å². The molecule has 0 aromatic carbocycles. The predicted octanol–water partition coefficient (Wildman–Crippen LogP) is 2.31. The third kappa shape index (κ3) is 3.05. The summed E-state index contributed by atoms with van der Waals surface area (Å²) in [5.74, 6) is 3.94. The molecular weight excluding hydrogens is 208 g/mol. The van der Waals surface area contributed by atoms with Crippen LogP contribution in [-0.4, -0.2) is 39.8 Å². The van der Waals surface area contributed by atoms with Crippen molar-refractivity contribution in [3.63, 3.8) is 0 Å². The quantitative estimate of drug-likeness (QED) is 0.522. The second kappa shape index (κ2) is 4.49. The Bertz CT molecular complexity index is 145. The maximum atomic E-state index is 5.17. The van der Waals surface area contributed by atoms with E-state index in [1.54, 1.807) is 0 Å². The number of ether oxygens (including phenoxy) is 1. The molecule has 0 amide bonds. The molecule has 2 rings (SSSR count). The maximum absolute atomic E-state index is 5.17. The van der Waals surface area contributed by atoms with Gasteiger partial charge in [-0.3, -0.25) is 0 Å². The van der Waals surface area contributed by atoms with Gasteiger partial charge in [-0.25, -0.2) is 0 Å². The summed E-state index contributed by atoms with van der Waals surface area (Å²) in [5, 5.41) is 0.942. The van der Waals surface area contributed by atoms with Crippen LogP contribution < -0.4 is 0 Å². The van der Waals surface area contributed by atoms with Crippen molar-refractivity contribution in [2.75, 3.05) is 23.9 Å². The largest absolute Gasteiger partial charge is 0.372 e. The van der Waals surface area contributed by atoms with E-state index in [2.05, 4.69) is 42.2 Å². The molecular formula is C8H14OS3. The molecule has 2 saturated heterocycles. The lowest BCUT2D eigenvalue weighted by Gasteiger charge is -2.26. The van der Waals surface area contributed by atoms with E-state index < -0.39 is 0 Å². The molecule has 2 aliphatic heterocycles. The summed E-state index contributed by atoms with van der Waals surface area (Å²) < 4.78 is 5.93. The molecule has 0 aromatic rings. The van der Waals surface area contributed by atoms with Gasteiger partial charge < -0.3 is 4.74 Å². The summed E-state index contributed by atoms with van der Waals surface area (Å²) in [6.07, 6.45) is 0.591. The minimum atomic E-state index is 0.591. The van der Waals surface area contributed by atoms with Crippen molar-refractivity contribution >= 4 is 35.3 Å². The molecule has 4 heteroatoms. The lowest BCUT2D eigenvalue weighted by atomic mass is 10.5. The van der Waals surface area contributed by atoms with Gasteiger partial charge in [-0.15, -0.1) is 23.5 Å². The van der Waals surface area contributed by atoms with Gasteiger partial charge in [0.1, 0.15) is 0 Å². The number of thioether (sulfide) groups is 3. The van der Waals surface area contributed by atoms with Gasteiger partial charge >= 0.3 is 0 Å². The lowest BCUT2D eigenvalue weighted by molar-refractivity contribution is 0.426. The van der Waals surface area contributed by atoms with Crippen molar-refractivity contribution in [3.8, 4) is 0 Å². The van der Waals surface area contributed by atoms with Crippen LogP contribution in [0.15, 0.2) is 0 Å². The van der Waals surface area contributed by atoms with Crippen molar-refractivity contribution in [2.24, 2.45) is 0 Å². The van der Waals surface area contributed by atoms with Gasteiger partial charge in [-0.1, -0.05) is 0 Å². The molecule has 12 heavy (non-hydrogen) atoms. The van der Waals surface area contributed by atoms with Crippen LogP contribution in [0.2, 0.25) is 0 Å². The van der Waals surface area contributed by atoms with Crippen molar-refractivity contribution in [3.05, 3.63) is 0 Å². The molecule has 0 N–H and O–H groups in total. The zero-order chi connectivity index (χ0) is 8.39. The molecule has 1 nitrogen and oxygen atoms in total. The van der Waals surface area contributed by atoms with Crippen LogP contribution in [-0.2, 0) is 4.74 Å². The average Bonchev–Trinajstić information content (AvgIpc) is 2.76. The highest BCUT2D eigenvalue weighted by Gasteiger charge is 2.25. The van der Waals surface area contributed by atoms with Crippen molar-refractivity contribution in [1.82, 2.24) is 0 Å². The first-order valence-electron chi connectivity index (χ1n) is 4.31. The van der Waals surface area contributed by atoms with E-state index in [4.69, 9.17) is 4.74 Å². The van der Waals surface area contributed by atoms with Crippen molar-refractivity contribution in [1.29, 1.82) is 0 Å². The van der Waals surface area contributed by atoms with Crippen LogP contribution in [0.25, 0.3) is 0 Å². The zero-order valence-electron chi connectivity index (χ0n) is 7.19. The van der Waals surface area contributed by atoms with Gasteiger partial charge in [0.2, 0.25) is 0 Å². The molecule has 70 valence electrons. The Balaban J connectivity index is 1.52. The van der Waals surface area contributed by atoms with Gasteiger partial charge in [0.05, 0.1) is 12.7 Å². The van der Waals surface area contributed by atoms with Gasteiger partial charge in [-0.05, 0) is 6.92 Å². The summed E-state index contributed by atoms with van der Waals surface area (Å²) in [4.78, 5) is 0. The first-order valence-corrected chi connectivity index (χ1v) is 7.45. The van der Waals surface area contributed by atoms with Crippen molar-refractivity contribution in [2.45, 2.75) is 22.9 Å². The SMILES string of the molecule is CC(SCC1CO1)SC1CSC1. The molecule has 2 aliphatic rings. The lowest BCUT2D eigenvalue weighted by Crippen LogP contribution is -2.22. The minimum absolute atomic E-state index is 0.591. The minimum Gasteiger partial charge on any atom is -0.372 e. The molecule has 2 fully saturated rings. The van der Waals surface area contributed by atoms with Gasteiger partial charge in [0.25, 0.3) is 0 Å². The van der Waals surface area contributed by atoms with Gasteiger partial charge in [0, 0.05) is 27.1 Å². The third-order valence-electron chi connectivity index (χ3n) is 1.91. The summed E-state index contributed by atoms with van der Waals surface area (Å²) >= 11 is 6.27. The molecule has 2 heterocycles. The molecule has 0 aliphatic carbocycles. The second-order valence-corrected chi connectivity index (χ2v) is 7.54. The predicted molar refractivity (Wildman–Crippen MR) is 60.4 cm³/mol. The van der Waals surface area contributed by atoms with Gasteiger partial charge in [0.15, 0.2) is 0 Å². The van der Waals surface area contributed by atoms with E-state index in [-0.39, 0.29) is 0 Å². The summed E-state index contributed by atoms with van der Waals surface area (Å²) in [7, 11) is 0. The highest BCUT2D eigenvalue weighted by molar-refractivity contribution is 8.18. The Kier molecular flexibility index (Phi) is 3.58. The third-order valence-corrected chi connectivity index (χ3v) is 6.49. The molecule has 0 aromatic heterocycles. The molecule has 0 radical (unpaired) electrons. The fourth-order valence-electron chi connectivity index (χ4n) is 1.01. The second-order valence-electron chi connectivity index (χ2n) is 3.15. The average molecular weight is 222 g/mol. The number of epoxide rings is 1. The Morgan fingerprint density at radius 1 is 1.58 bits per heavy atom. The smallest absolute Gasteiger partial charge is 0.0900 e. The maximum Gasteiger partial charge on any atom is 0.0900 e. The monoisotopic (exact) mass is 222 g/mol. The number of rotatable bonds is 5. The van der Waals surface area contributed by atoms with Crippen LogP contribution >= 0.6 is 35.3 Å². The molecule has 2 unspecified atom stereocenters. The Hall–Kier alpha value is 1.01. The van der Waals surface area contributed by atoms with E-state index in [0.717, 1.165) is 16.4 Å². The highest BCUT2D eigenvalue weighted by atomic mass is 32.2. The Labute approximate surface area is 86.8 Å². The molecule has 0 saturated carbocycles. The highest BCUT2D eigenvalue weighted by Crippen LogP contribution is 2.36. The van der Waals surface area contributed by atoms with Crippen molar-refractivity contribution < 1.29 is 4.74 Å². The number of hydrogen-bond donors (Lipinski definition) is 0. The van der Waals surface area contributed by atoms with Crippen LogP contribution in [0, 0.1) is 0 Å². The summed E-state index contributed by atoms with van der Waals surface area (Å²) in [5.41, 5.74) is 0. The molecule has 0 bridgehead atoms. The van der Waals surface area contributed by atoms with Gasteiger partial charge in [-0.2, -0.15) is 11.8 Å². The fourth-order valence-corrected chi connectivity index (χ4v) is 4.89. The van der Waals surface area contributed by atoms with Crippen LogP contribution in [0.4, 0.5) is 0 Å². The normalized spacial score (nSPS) is 31.2. The zero-order valence-corrected chi connectivity index (χ0v) is 9.64. The molecule has 0 spiro atoms. The first-order chi connectivity index (χ1) is 5.84. The fraction of sp³-hybridized carbons (Fsp3) is 1.00. The van der Waals surface area contributed by atoms with E-state index >= 15 is 0 Å². The number of hydrogen-bond acceptors (Lipinski definition) is 4. The topological polar surface area (TPSA) is 12.5 Å². The van der Waals surface area contributed by atoms with E-state index in [1.807, 2.05) is 0 Å². The standard InChI is InChI=1S/C8H14OS3/c1-6(11-3-7-2-9-7)12-8-4-10-5-8/h6-8H,2-5H2,1H3. The summed E-state index contributed by atoms with van der Waals surface area (Å²) in [6, 6.07) is 0. The van der Waals surface area contributed by atoms with E-state index in [9.17, 15) is 0 Å². The van der Waals surface area contributed by atoms with E-state index in [0.29, 0.717) is 6.10 Å².